The minimum Gasteiger partial charge on any atom is -0.504 e. The van der Waals surface area contributed by atoms with Crippen molar-refractivity contribution in [2.75, 3.05) is 6.61 Å². The number of hydrogen-bond acceptors (Lipinski definition) is 3. The Labute approximate surface area is 85.9 Å². The molecule has 0 aliphatic rings. The van der Waals surface area contributed by atoms with Crippen molar-refractivity contribution in [1.29, 1.82) is 0 Å². The second-order valence-corrected chi connectivity index (χ2v) is 3.77. The van der Waals surface area contributed by atoms with Crippen LogP contribution < -0.4 is 5.73 Å². The molecule has 0 spiro atoms. The van der Waals surface area contributed by atoms with E-state index in [9.17, 15) is 4.39 Å². The van der Waals surface area contributed by atoms with Gasteiger partial charge in [0.2, 0.25) is 0 Å². The molecule has 0 aliphatic heterocycles. The molecule has 0 aliphatic carbocycles. The Morgan fingerprint density at radius 1 is 1.57 bits per heavy atom. The van der Waals surface area contributed by atoms with Gasteiger partial charge in [-0.15, -0.1) is 0 Å². The number of halogens is 2. The van der Waals surface area contributed by atoms with Crippen molar-refractivity contribution in [1.82, 2.24) is 0 Å². The number of aliphatic hydroxyl groups excluding tert-OH is 1. The van der Waals surface area contributed by atoms with E-state index < -0.39 is 17.1 Å². The lowest BCUT2D eigenvalue weighted by Crippen LogP contribution is -2.37. The first-order chi connectivity index (χ1) is 6.38. The van der Waals surface area contributed by atoms with Gasteiger partial charge in [-0.2, -0.15) is 0 Å². The van der Waals surface area contributed by atoms with Crippen LogP contribution in [0.4, 0.5) is 4.39 Å². The molecule has 1 aromatic carbocycles. The summed E-state index contributed by atoms with van der Waals surface area (Å²) >= 11 is 5.55. The van der Waals surface area contributed by atoms with Gasteiger partial charge in [-0.05, 0) is 24.6 Å². The van der Waals surface area contributed by atoms with E-state index in [4.69, 9.17) is 27.5 Å². The number of benzene rings is 1. The van der Waals surface area contributed by atoms with E-state index in [-0.39, 0.29) is 11.6 Å². The highest BCUT2D eigenvalue weighted by molar-refractivity contribution is 6.32. The summed E-state index contributed by atoms with van der Waals surface area (Å²) in [6.07, 6.45) is 0. The molecule has 0 amide bonds. The van der Waals surface area contributed by atoms with Gasteiger partial charge in [-0.3, -0.25) is 0 Å². The normalized spacial score (nSPS) is 15.2. The number of aromatic hydroxyl groups is 1. The van der Waals surface area contributed by atoms with Crippen LogP contribution in [0.15, 0.2) is 12.1 Å². The van der Waals surface area contributed by atoms with Crippen molar-refractivity contribution in [3.05, 3.63) is 28.5 Å². The molecule has 0 saturated carbocycles. The Kier molecular flexibility index (Phi) is 2.99. The van der Waals surface area contributed by atoms with E-state index in [1.165, 1.54) is 13.0 Å². The van der Waals surface area contributed by atoms with Crippen LogP contribution in [0.5, 0.6) is 5.75 Å². The summed E-state index contributed by atoms with van der Waals surface area (Å²) in [7, 11) is 0. The number of rotatable bonds is 2. The third kappa shape index (κ3) is 1.97. The fraction of sp³-hybridized carbons (Fsp3) is 0.333. The monoisotopic (exact) mass is 219 g/mol. The van der Waals surface area contributed by atoms with Crippen molar-refractivity contribution >= 4 is 11.6 Å². The van der Waals surface area contributed by atoms with Crippen LogP contribution in [0, 0.1) is 5.82 Å². The smallest absolute Gasteiger partial charge is 0.170 e. The average molecular weight is 220 g/mol. The van der Waals surface area contributed by atoms with Gasteiger partial charge in [0.1, 0.15) is 0 Å². The maximum absolute atomic E-state index is 13.0. The van der Waals surface area contributed by atoms with Gasteiger partial charge in [0, 0.05) is 0 Å². The summed E-state index contributed by atoms with van der Waals surface area (Å²) < 4.78 is 13.0. The van der Waals surface area contributed by atoms with Crippen molar-refractivity contribution in [3.63, 3.8) is 0 Å². The topological polar surface area (TPSA) is 66.5 Å². The maximum atomic E-state index is 13.0. The molecule has 1 rings (SSSR count). The van der Waals surface area contributed by atoms with Gasteiger partial charge < -0.3 is 15.9 Å². The number of nitrogens with two attached hydrogens (primary N) is 1. The van der Waals surface area contributed by atoms with Crippen LogP contribution in [0.3, 0.4) is 0 Å². The van der Waals surface area contributed by atoms with E-state index >= 15 is 0 Å². The molecule has 0 bridgehead atoms. The zero-order valence-electron chi connectivity index (χ0n) is 7.59. The van der Waals surface area contributed by atoms with Gasteiger partial charge in [0.05, 0.1) is 17.2 Å². The molecule has 4 N–H and O–H groups in total. The highest BCUT2D eigenvalue weighted by Gasteiger charge is 2.22. The summed E-state index contributed by atoms with van der Waals surface area (Å²) in [6, 6.07) is 2.38. The molecule has 1 unspecified atom stereocenters. The number of aliphatic hydroxyl groups is 1. The Morgan fingerprint density at radius 2 is 2.14 bits per heavy atom. The molecular weight excluding hydrogens is 209 g/mol. The standard InChI is InChI=1S/C9H11ClFNO2/c1-9(12,4-13)5-2-6(10)8(14)7(11)3-5/h2-3,13-14H,4,12H2,1H3. The Morgan fingerprint density at radius 3 is 2.57 bits per heavy atom. The highest BCUT2D eigenvalue weighted by Crippen LogP contribution is 2.31. The first-order valence-electron chi connectivity index (χ1n) is 3.96. The predicted octanol–water partition coefficient (Wildman–Crippen LogP) is 1.35. The van der Waals surface area contributed by atoms with Crippen molar-refractivity contribution in [2.45, 2.75) is 12.5 Å². The average Bonchev–Trinajstić information content (AvgIpc) is 2.13. The van der Waals surface area contributed by atoms with E-state index in [2.05, 4.69) is 0 Å². The molecule has 0 radical (unpaired) electrons. The molecule has 0 heterocycles. The molecule has 0 aromatic heterocycles. The summed E-state index contributed by atoms with van der Waals surface area (Å²) in [5, 5.41) is 17.9. The van der Waals surface area contributed by atoms with Gasteiger partial charge in [-0.1, -0.05) is 11.6 Å². The van der Waals surface area contributed by atoms with Crippen LogP contribution in [0.25, 0.3) is 0 Å². The quantitative estimate of drug-likeness (QED) is 0.704. The van der Waals surface area contributed by atoms with Crippen LogP contribution in [-0.2, 0) is 5.54 Å². The van der Waals surface area contributed by atoms with E-state index in [0.717, 1.165) is 6.07 Å². The van der Waals surface area contributed by atoms with E-state index in [1.54, 1.807) is 0 Å². The zero-order valence-corrected chi connectivity index (χ0v) is 8.35. The van der Waals surface area contributed by atoms with Crippen molar-refractivity contribution in [3.8, 4) is 5.75 Å². The number of phenols is 1. The molecule has 0 fully saturated rings. The highest BCUT2D eigenvalue weighted by atomic mass is 35.5. The molecule has 14 heavy (non-hydrogen) atoms. The van der Waals surface area contributed by atoms with Crippen molar-refractivity contribution < 1.29 is 14.6 Å². The third-order valence-electron chi connectivity index (χ3n) is 2.00. The minimum atomic E-state index is -1.07. The van der Waals surface area contributed by atoms with E-state index in [0.29, 0.717) is 5.56 Å². The molecule has 0 saturated heterocycles. The first-order valence-corrected chi connectivity index (χ1v) is 4.34. The lowest BCUT2D eigenvalue weighted by Gasteiger charge is -2.22. The zero-order chi connectivity index (χ0) is 10.9. The Hall–Kier alpha value is -0.840. The van der Waals surface area contributed by atoms with Gasteiger partial charge in [0.25, 0.3) is 0 Å². The molecule has 5 heteroatoms. The summed E-state index contributed by atoms with van der Waals surface area (Å²) in [5.41, 5.74) is 4.93. The molecular formula is C9H11ClFNO2. The summed E-state index contributed by atoms with van der Waals surface area (Å²) in [5.74, 6) is -1.46. The van der Waals surface area contributed by atoms with Crippen molar-refractivity contribution in [2.24, 2.45) is 5.73 Å². The SMILES string of the molecule is CC(N)(CO)c1cc(F)c(O)c(Cl)c1. The van der Waals surface area contributed by atoms with Crippen LogP contribution in [0.1, 0.15) is 12.5 Å². The van der Waals surface area contributed by atoms with Gasteiger partial charge in [0.15, 0.2) is 11.6 Å². The second-order valence-electron chi connectivity index (χ2n) is 3.36. The minimum absolute atomic E-state index is 0.120. The molecule has 1 atom stereocenters. The molecule has 3 nitrogen and oxygen atoms in total. The number of hydrogen-bond donors (Lipinski definition) is 3. The van der Waals surface area contributed by atoms with Gasteiger partial charge >= 0.3 is 0 Å². The van der Waals surface area contributed by atoms with Crippen LogP contribution in [0.2, 0.25) is 5.02 Å². The molecule has 1 aromatic rings. The number of phenolic OH excluding ortho intramolecular Hbond substituents is 1. The summed E-state index contributed by atoms with van der Waals surface area (Å²) in [6.45, 7) is 1.20. The van der Waals surface area contributed by atoms with Crippen LogP contribution in [-0.4, -0.2) is 16.8 Å². The van der Waals surface area contributed by atoms with Crippen LogP contribution >= 0.6 is 11.6 Å². The molecule has 78 valence electrons. The fourth-order valence-electron chi connectivity index (χ4n) is 0.987. The lowest BCUT2D eigenvalue weighted by atomic mass is 9.94. The lowest BCUT2D eigenvalue weighted by molar-refractivity contribution is 0.209. The maximum Gasteiger partial charge on any atom is 0.170 e. The predicted molar refractivity (Wildman–Crippen MR) is 51.7 cm³/mol. The summed E-state index contributed by atoms with van der Waals surface area (Å²) in [4.78, 5) is 0. The first kappa shape index (κ1) is 11.2. The second kappa shape index (κ2) is 3.73. The van der Waals surface area contributed by atoms with E-state index in [1.807, 2.05) is 0 Å². The largest absolute Gasteiger partial charge is 0.504 e. The fourth-order valence-corrected chi connectivity index (χ4v) is 1.19. The third-order valence-corrected chi connectivity index (χ3v) is 2.29. The Bertz CT molecular complexity index is 332. The van der Waals surface area contributed by atoms with Gasteiger partial charge in [-0.25, -0.2) is 4.39 Å². The Balaban J connectivity index is 3.26.